The molecule has 3 amide bonds. The highest BCUT2D eigenvalue weighted by Crippen LogP contribution is 2.39. The van der Waals surface area contributed by atoms with Crippen molar-refractivity contribution in [3.63, 3.8) is 0 Å². The van der Waals surface area contributed by atoms with E-state index in [1.54, 1.807) is 54.4 Å². The van der Waals surface area contributed by atoms with Crippen LogP contribution in [0.15, 0.2) is 48.5 Å². The Kier molecular flexibility index (Phi) is 7.91. The van der Waals surface area contributed by atoms with Crippen LogP contribution < -0.4 is 10.1 Å². The fraction of sp³-hybridized carbons (Fsp3) is 0.444. The van der Waals surface area contributed by atoms with Crippen molar-refractivity contribution in [2.24, 2.45) is 0 Å². The number of amides is 3. The molecule has 0 aliphatic carbocycles. The van der Waals surface area contributed by atoms with Crippen molar-refractivity contribution in [1.82, 2.24) is 15.1 Å². The van der Waals surface area contributed by atoms with E-state index in [9.17, 15) is 14.4 Å². The number of carbonyl (C=O) groups excluding carboxylic acids is 3. The highest BCUT2D eigenvalue weighted by atomic mass is 16.5. The van der Waals surface area contributed by atoms with Crippen molar-refractivity contribution < 1.29 is 28.6 Å². The van der Waals surface area contributed by atoms with E-state index in [2.05, 4.69) is 5.32 Å². The summed E-state index contributed by atoms with van der Waals surface area (Å²) in [5.74, 6) is 0.0786. The Morgan fingerprint density at radius 1 is 1.03 bits per heavy atom. The van der Waals surface area contributed by atoms with Crippen LogP contribution in [0.4, 0.5) is 0 Å². The van der Waals surface area contributed by atoms with Crippen LogP contribution in [0.2, 0.25) is 0 Å². The van der Waals surface area contributed by atoms with Crippen molar-refractivity contribution in [2.75, 3.05) is 47.1 Å². The van der Waals surface area contributed by atoms with Crippen LogP contribution >= 0.6 is 0 Å². The zero-order chi connectivity index (χ0) is 25.7. The van der Waals surface area contributed by atoms with E-state index >= 15 is 0 Å². The zero-order valence-corrected chi connectivity index (χ0v) is 21.0. The number of benzene rings is 2. The van der Waals surface area contributed by atoms with Crippen molar-refractivity contribution in [2.45, 2.75) is 31.5 Å². The van der Waals surface area contributed by atoms with E-state index in [0.717, 1.165) is 5.56 Å². The molecule has 1 atom stereocenters. The smallest absolute Gasteiger partial charge is 0.257 e. The van der Waals surface area contributed by atoms with Gasteiger partial charge in [-0.25, -0.2) is 0 Å². The third kappa shape index (κ3) is 5.08. The number of nitrogens with one attached hydrogen (secondary N) is 1. The van der Waals surface area contributed by atoms with Gasteiger partial charge in [0.15, 0.2) is 0 Å². The minimum atomic E-state index is -0.959. The molecule has 4 rings (SSSR count). The quantitative estimate of drug-likeness (QED) is 0.592. The molecule has 0 radical (unpaired) electrons. The molecule has 0 saturated carbocycles. The van der Waals surface area contributed by atoms with Gasteiger partial charge < -0.3 is 24.4 Å². The number of nitrogens with zero attached hydrogens (tertiary/aromatic N) is 2. The molecule has 9 heteroatoms. The average molecular weight is 496 g/mol. The first kappa shape index (κ1) is 25.7. The largest absolute Gasteiger partial charge is 0.497 e. The molecule has 2 heterocycles. The van der Waals surface area contributed by atoms with Crippen molar-refractivity contribution in [1.29, 1.82) is 0 Å². The molecule has 2 aliphatic rings. The number of ether oxygens (including phenoxy) is 3. The lowest BCUT2D eigenvalue weighted by Crippen LogP contribution is -2.60. The summed E-state index contributed by atoms with van der Waals surface area (Å²) in [6.45, 7) is 3.50. The third-order valence-electron chi connectivity index (χ3n) is 6.93. The highest BCUT2D eigenvalue weighted by Gasteiger charge is 2.54. The van der Waals surface area contributed by atoms with Crippen LogP contribution in [-0.4, -0.2) is 86.4 Å². The molecule has 1 spiro atoms. The minimum Gasteiger partial charge on any atom is -0.497 e. The topological polar surface area (TPSA) is 97.4 Å². The number of rotatable bonds is 7. The van der Waals surface area contributed by atoms with E-state index in [1.807, 2.05) is 25.1 Å². The molecular weight excluding hydrogens is 462 g/mol. The Morgan fingerprint density at radius 2 is 1.72 bits per heavy atom. The summed E-state index contributed by atoms with van der Waals surface area (Å²) >= 11 is 0. The number of piperidine rings is 1. The van der Waals surface area contributed by atoms with Crippen LogP contribution in [0.5, 0.6) is 5.75 Å². The van der Waals surface area contributed by atoms with E-state index in [4.69, 9.17) is 14.2 Å². The number of methoxy groups -OCH3 is 2. The zero-order valence-electron chi connectivity index (χ0n) is 21.0. The van der Waals surface area contributed by atoms with Crippen molar-refractivity contribution in [3.8, 4) is 5.75 Å². The summed E-state index contributed by atoms with van der Waals surface area (Å²) in [7, 11) is 3.15. The summed E-state index contributed by atoms with van der Waals surface area (Å²) in [5, 5.41) is 2.84. The molecule has 1 N–H and O–H groups in total. The minimum absolute atomic E-state index is 0.0869. The molecule has 2 saturated heterocycles. The lowest BCUT2D eigenvalue weighted by molar-refractivity contribution is -0.128. The van der Waals surface area contributed by atoms with Crippen LogP contribution in [0, 0.1) is 6.92 Å². The number of hydrogen-bond donors (Lipinski definition) is 1. The second kappa shape index (κ2) is 11.1. The first-order valence-electron chi connectivity index (χ1n) is 12.1. The van der Waals surface area contributed by atoms with Gasteiger partial charge in [-0.15, -0.1) is 0 Å². The Balaban J connectivity index is 1.55. The molecule has 2 fully saturated rings. The van der Waals surface area contributed by atoms with Crippen LogP contribution in [0.3, 0.4) is 0 Å². The number of aryl methyl sites for hydroxylation is 1. The second-order valence-corrected chi connectivity index (χ2v) is 9.07. The Labute approximate surface area is 211 Å². The highest BCUT2D eigenvalue weighted by molar-refractivity contribution is 5.99. The van der Waals surface area contributed by atoms with Gasteiger partial charge in [0.25, 0.3) is 11.8 Å². The molecule has 36 heavy (non-hydrogen) atoms. The van der Waals surface area contributed by atoms with Crippen molar-refractivity contribution >= 4 is 17.7 Å². The molecular formula is C27H33N3O6. The van der Waals surface area contributed by atoms with Crippen LogP contribution in [0.1, 0.15) is 39.1 Å². The number of hydrogen-bond acceptors (Lipinski definition) is 6. The Morgan fingerprint density at radius 3 is 2.36 bits per heavy atom. The number of likely N-dealkylation sites (tertiary alicyclic amines) is 1. The summed E-state index contributed by atoms with van der Waals surface area (Å²) in [6, 6.07) is 13.6. The maximum Gasteiger partial charge on any atom is 0.257 e. The summed E-state index contributed by atoms with van der Waals surface area (Å²) in [4.78, 5) is 43.4. The van der Waals surface area contributed by atoms with Crippen molar-refractivity contribution in [3.05, 3.63) is 65.2 Å². The fourth-order valence-electron chi connectivity index (χ4n) is 4.88. The predicted molar refractivity (Wildman–Crippen MR) is 133 cm³/mol. The molecule has 2 aromatic rings. The predicted octanol–water partition coefficient (Wildman–Crippen LogP) is 2.24. The van der Waals surface area contributed by atoms with Crippen LogP contribution in [0.25, 0.3) is 0 Å². The van der Waals surface area contributed by atoms with E-state index in [1.165, 1.54) is 0 Å². The van der Waals surface area contributed by atoms with Gasteiger partial charge in [-0.2, -0.15) is 0 Å². The molecule has 2 aliphatic heterocycles. The second-order valence-electron chi connectivity index (χ2n) is 9.07. The molecule has 9 nitrogen and oxygen atoms in total. The molecule has 0 bridgehead atoms. The Bertz CT molecular complexity index is 1090. The lowest BCUT2D eigenvalue weighted by atomic mass is 9.95. The lowest BCUT2D eigenvalue weighted by Gasteiger charge is -2.44. The average Bonchev–Trinajstić information content (AvgIpc) is 3.27. The normalized spacial score (nSPS) is 18.8. The molecule has 0 aromatic heterocycles. The maximum atomic E-state index is 13.8. The van der Waals surface area contributed by atoms with Gasteiger partial charge in [0, 0.05) is 50.7 Å². The third-order valence-corrected chi connectivity index (χ3v) is 6.93. The first-order chi connectivity index (χ1) is 17.4. The Hall–Kier alpha value is -3.43. The van der Waals surface area contributed by atoms with Gasteiger partial charge in [0.1, 0.15) is 17.5 Å². The summed E-state index contributed by atoms with van der Waals surface area (Å²) in [6.07, 6.45) is 0.822. The first-order valence-corrected chi connectivity index (χ1v) is 12.1. The van der Waals surface area contributed by atoms with Crippen LogP contribution in [-0.2, 0) is 14.3 Å². The SMILES string of the molecule is COCCNC(=O)C1COC2(CCN(C(=O)c3ccc(OC)cc3)CC2)N1C(=O)c1ccccc1C. The van der Waals surface area contributed by atoms with E-state index < -0.39 is 11.8 Å². The van der Waals surface area contributed by atoms with Gasteiger partial charge in [-0.3, -0.25) is 19.3 Å². The summed E-state index contributed by atoms with van der Waals surface area (Å²) in [5.41, 5.74) is 0.977. The van der Waals surface area contributed by atoms with Gasteiger partial charge in [-0.05, 0) is 42.8 Å². The monoisotopic (exact) mass is 495 g/mol. The van der Waals surface area contributed by atoms with Gasteiger partial charge in [-0.1, -0.05) is 18.2 Å². The van der Waals surface area contributed by atoms with E-state index in [-0.39, 0.29) is 24.3 Å². The molecule has 2 aromatic carbocycles. The fourth-order valence-corrected chi connectivity index (χ4v) is 4.88. The summed E-state index contributed by atoms with van der Waals surface area (Å²) < 4.78 is 16.5. The van der Waals surface area contributed by atoms with E-state index in [0.29, 0.717) is 56.0 Å². The van der Waals surface area contributed by atoms with Gasteiger partial charge >= 0.3 is 0 Å². The molecule has 1 unspecified atom stereocenters. The number of carbonyl (C=O) groups is 3. The molecule has 192 valence electrons. The van der Waals surface area contributed by atoms with Gasteiger partial charge in [0.05, 0.1) is 20.3 Å². The van der Waals surface area contributed by atoms with Gasteiger partial charge in [0.2, 0.25) is 5.91 Å². The maximum absolute atomic E-state index is 13.8. The standard InChI is InChI=1S/C27H33N3O6/c1-19-6-4-5-7-22(19)26(33)30-23(24(31)28-14-17-34-2)18-36-27(30)12-15-29(16-13-27)25(32)20-8-10-21(35-3)11-9-20/h4-11,23H,12-18H2,1-3H3,(H,28,31).